The normalized spacial score (nSPS) is 20.2. The maximum atomic E-state index is 13.5. The van der Waals surface area contributed by atoms with Gasteiger partial charge in [-0.3, -0.25) is 19.7 Å². The van der Waals surface area contributed by atoms with Gasteiger partial charge in [-0.1, -0.05) is 57.2 Å². The van der Waals surface area contributed by atoms with E-state index in [1.165, 1.54) is 0 Å². The number of anilines is 1. The van der Waals surface area contributed by atoms with E-state index < -0.39 is 35.6 Å². The molecule has 4 aliphatic heterocycles. The number of hydrogen-bond donors (Lipinski definition) is 5. The number of aryl methyl sites for hydroxylation is 1. The average molecular weight is 631 g/mol. The van der Waals surface area contributed by atoms with Crippen LogP contribution in [0.5, 0.6) is 5.75 Å². The molecule has 3 aromatic carbocycles. The molecule has 0 aliphatic carbocycles. The SMILES string of the molecule is CN1CCCCOc2ccc(cc2)C(O)NCc2cccc(c2)C(=O)N[C@@H]([C@@H](O)C(C)(C)C)C(=O)Nc2ccc(cc2)CCC1=O. The second-order valence-corrected chi connectivity index (χ2v) is 12.9. The van der Waals surface area contributed by atoms with Crippen LogP contribution in [0.25, 0.3) is 0 Å². The maximum Gasteiger partial charge on any atom is 0.252 e. The van der Waals surface area contributed by atoms with Gasteiger partial charge in [0, 0.05) is 37.8 Å². The average Bonchev–Trinajstić information content (AvgIpc) is 3.04. The second kappa shape index (κ2) is 15.8. The topological polar surface area (TPSA) is 140 Å². The predicted octanol–water partition coefficient (Wildman–Crippen LogP) is 4.18. The summed E-state index contributed by atoms with van der Waals surface area (Å²) in [5.41, 5.74) is 2.48. The van der Waals surface area contributed by atoms with Gasteiger partial charge in [-0.2, -0.15) is 0 Å². The third-order valence-electron chi connectivity index (χ3n) is 8.09. The van der Waals surface area contributed by atoms with Crippen molar-refractivity contribution in [1.82, 2.24) is 15.5 Å². The van der Waals surface area contributed by atoms with Crippen molar-refractivity contribution in [2.24, 2.45) is 5.41 Å². The van der Waals surface area contributed by atoms with Crippen molar-refractivity contribution in [1.29, 1.82) is 0 Å². The van der Waals surface area contributed by atoms with Crippen LogP contribution in [-0.4, -0.2) is 65.2 Å². The second-order valence-electron chi connectivity index (χ2n) is 12.9. The number of aliphatic hydroxyl groups is 2. The molecule has 6 bridgehead atoms. The minimum absolute atomic E-state index is 0.0505. The van der Waals surface area contributed by atoms with Crippen LogP contribution in [0, 0.1) is 5.41 Å². The van der Waals surface area contributed by atoms with Gasteiger partial charge in [0.2, 0.25) is 11.8 Å². The quantitative estimate of drug-likeness (QED) is 0.272. The molecule has 5 N–H and O–H groups in total. The summed E-state index contributed by atoms with van der Waals surface area (Å²) in [5, 5.41) is 30.5. The van der Waals surface area contributed by atoms with E-state index in [1.54, 1.807) is 87.3 Å². The Kier molecular flexibility index (Phi) is 11.9. The van der Waals surface area contributed by atoms with Crippen molar-refractivity contribution in [3.8, 4) is 5.75 Å². The van der Waals surface area contributed by atoms with E-state index in [2.05, 4.69) is 16.0 Å². The molecule has 0 fully saturated rings. The zero-order chi connectivity index (χ0) is 33.3. The van der Waals surface area contributed by atoms with Crippen LogP contribution in [0.1, 0.15) is 73.3 Å². The van der Waals surface area contributed by atoms with E-state index in [1.807, 2.05) is 18.2 Å². The summed E-state index contributed by atoms with van der Waals surface area (Å²) < 4.78 is 5.85. The summed E-state index contributed by atoms with van der Waals surface area (Å²) in [6.45, 7) is 6.81. The third-order valence-corrected chi connectivity index (χ3v) is 8.09. The van der Waals surface area contributed by atoms with E-state index in [0.29, 0.717) is 48.6 Å². The number of nitrogens with one attached hydrogen (secondary N) is 3. The first kappa shape index (κ1) is 34.6. The molecule has 246 valence electrons. The molecule has 4 heterocycles. The predicted molar refractivity (Wildman–Crippen MR) is 177 cm³/mol. The lowest BCUT2D eigenvalue weighted by molar-refractivity contribution is -0.130. The van der Waals surface area contributed by atoms with Crippen LogP contribution in [-0.2, 0) is 22.6 Å². The number of ether oxygens (including phenoxy) is 1. The summed E-state index contributed by atoms with van der Waals surface area (Å²) in [6, 6.07) is 20.0. The lowest BCUT2D eigenvalue weighted by Crippen LogP contribution is -2.55. The Morgan fingerprint density at radius 2 is 1.63 bits per heavy atom. The van der Waals surface area contributed by atoms with Crippen LogP contribution in [0.3, 0.4) is 0 Å². The molecule has 7 rings (SSSR count). The van der Waals surface area contributed by atoms with Crippen molar-refractivity contribution in [3.05, 3.63) is 95.1 Å². The molecule has 3 aromatic rings. The van der Waals surface area contributed by atoms with Gasteiger partial charge in [-0.25, -0.2) is 0 Å². The molecule has 3 atom stereocenters. The Bertz CT molecular complexity index is 1470. The highest BCUT2D eigenvalue weighted by atomic mass is 16.5. The molecular formula is C36H46N4O6. The number of rotatable bonds is 1. The number of carbonyl (C=O) groups excluding carboxylic acids is 3. The van der Waals surface area contributed by atoms with Crippen molar-refractivity contribution >= 4 is 23.4 Å². The van der Waals surface area contributed by atoms with E-state index in [4.69, 9.17) is 4.74 Å². The van der Waals surface area contributed by atoms with E-state index in [-0.39, 0.29) is 12.5 Å². The van der Waals surface area contributed by atoms with Crippen LogP contribution in [0.15, 0.2) is 72.8 Å². The van der Waals surface area contributed by atoms with Gasteiger partial charge in [0.25, 0.3) is 5.91 Å². The molecule has 46 heavy (non-hydrogen) atoms. The number of benzene rings is 3. The summed E-state index contributed by atoms with van der Waals surface area (Å²) in [7, 11) is 1.80. The number of aliphatic hydroxyl groups excluding tert-OH is 2. The third kappa shape index (κ3) is 9.87. The lowest BCUT2D eigenvalue weighted by atomic mass is 9.84. The van der Waals surface area contributed by atoms with Crippen LogP contribution in [0.4, 0.5) is 5.69 Å². The summed E-state index contributed by atoms with van der Waals surface area (Å²) >= 11 is 0. The van der Waals surface area contributed by atoms with Gasteiger partial charge < -0.3 is 30.5 Å². The molecule has 0 aromatic heterocycles. The first-order valence-electron chi connectivity index (χ1n) is 15.8. The molecule has 10 heteroatoms. The first-order chi connectivity index (χ1) is 21.9. The highest BCUT2D eigenvalue weighted by molar-refractivity contribution is 6.01. The Hall–Kier alpha value is -4.25. The van der Waals surface area contributed by atoms with Crippen molar-refractivity contribution in [2.75, 3.05) is 25.5 Å². The smallest absolute Gasteiger partial charge is 0.252 e. The zero-order valence-corrected chi connectivity index (χ0v) is 27.1. The highest BCUT2D eigenvalue weighted by Gasteiger charge is 2.36. The largest absolute Gasteiger partial charge is 0.494 e. The van der Waals surface area contributed by atoms with E-state index >= 15 is 0 Å². The number of carbonyl (C=O) groups is 3. The summed E-state index contributed by atoms with van der Waals surface area (Å²) in [5.74, 6) is -0.318. The Morgan fingerprint density at radius 3 is 2.33 bits per heavy atom. The van der Waals surface area contributed by atoms with Gasteiger partial charge in [0.1, 0.15) is 18.0 Å². The van der Waals surface area contributed by atoms with Crippen LogP contribution < -0.4 is 20.7 Å². The number of amides is 3. The van der Waals surface area contributed by atoms with E-state index in [9.17, 15) is 24.6 Å². The maximum absolute atomic E-state index is 13.5. The van der Waals surface area contributed by atoms with Gasteiger partial charge in [0.05, 0.1) is 12.7 Å². The molecule has 0 saturated heterocycles. The number of nitrogens with zero attached hydrogens (tertiary/aromatic N) is 1. The fourth-order valence-corrected chi connectivity index (χ4v) is 5.10. The summed E-state index contributed by atoms with van der Waals surface area (Å²) in [6.07, 6.45) is 0.386. The van der Waals surface area contributed by atoms with Crippen molar-refractivity contribution < 1.29 is 29.3 Å². The monoisotopic (exact) mass is 630 g/mol. The van der Waals surface area contributed by atoms with Crippen LogP contribution >= 0.6 is 0 Å². The first-order valence-corrected chi connectivity index (χ1v) is 15.8. The fraction of sp³-hybridized carbons (Fsp3) is 0.417. The molecule has 1 unspecified atom stereocenters. The number of hydrogen-bond acceptors (Lipinski definition) is 7. The molecule has 4 aliphatic rings. The Labute approximate surface area is 271 Å². The van der Waals surface area contributed by atoms with E-state index in [0.717, 1.165) is 24.0 Å². The highest BCUT2D eigenvalue weighted by Crippen LogP contribution is 2.24. The van der Waals surface area contributed by atoms with Crippen molar-refractivity contribution in [2.45, 2.75) is 71.4 Å². The molecule has 3 amide bonds. The van der Waals surface area contributed by atoms with Gasteiger partial charge in [-0.15, -0.1) is 0 Å². The minimum Gasteiger partial charge on any atom is -0.494 e. The molecule has 10 nitrogen and oxygen atoms in total. The van der Waals surface area contributed by atoms with Gasteiger partial charge >= 0.3 is 0 Å². The fourth-order valence-electron chi connectivity index (χ4n) is 5.10. The molecule has 0 saturated carbocycles. The van der Waals surface area contributed by atoms with Gasteiger partial charge in [-0.05, 0) is 77.8 Å². The van der Waals surface area contributed by atoms with Crippen LogP contribution in [0.2, 0.25) is 0 Å². The van der Waals surface area contributed by atoms with Crippen molar-refractivity contribution in [3.63, 3.8) is 0 Å². The molecule has 0 radical (unpaired) electrons. The Balaban J connectivity index is 1.55. The molecular weight excluding hydrogens is 584 g/mol. The molecule has 0 spiro atoms. The standard InChI is InChI=1S/C36H46N4O6/c1-36(2,3)32(42)31-35(45)38-28-15-10-24(11-16-28)12-19-30(41)40(4)20-5-6-21-46-29-17-13-26(14-18-29)33(43)37-23-25-8-7-9-27(22-25)34(44)39-31/h7-11,13-18,22,31-33,37,42-43H,5-6,12,19-21,23H2,1-4H3,(H,38,45)(H,39,44)/t31-,32+,33?/m0/s1. The minimum atomic E-state index is -1.23. The Morgan fingerprint density at radius 1 is 0.913 bits per heavy atom. The zero-order valence-electron chi connectivity index (χ0n) is 27.1. The van der Waals surface area contributed by atoms with Gasteiger partial charge in [0.15, 0.2) is 0 Å². The lowest BCUT2D eigenvalue weighted by Gasteiger charge is -2.32. The summed E-state index contributed by atoms with van der Waals surface area (Å²) in [4.78, 5) is 41.2.